The normalized spacial score (nSPS) is 14.0. The number of carbonyl (C=O) groups excluding carboxylic acids is 1. The van der Waals surface area contributed by atoms with Crippen LogP contribution in [0.1, 0.15) is 27.9 Å². The molecule has 0 aliphatic carbocycles. The molecular formula is C27H22N6O3. The highest BCUT2D eigenvalue weighted by Crippen LogP contribution is 2.39. The van der Waals surface area contributed by atoms with Crippen molar-refractivity contribution in [2.24, 2.45) is 5.73 Å². The monoisotopic (exact) mass is 478 g/mol. The first-order chi connectivity index (χ1) is 17.5. The van der Waals surface area contributed by atoms with Gasteiger partial charge in [-0.3, -0.25) is 14.9 Å². The summed E-state index contributed by atoms with van der Waals surface area (Å²) in [5.74, 6) is -0.338. The maximum atomic E-state index is 13.1. The van der Waals surface area contributed by atoms with Crippen LogP contribution < -0.4 is 16.4 Å². The van der Waals surface area contributed by atoms with Gasteiger partial charge in [-0.25, -0.2) is 4.98 Å². The van der Waals surface area contributed by atoms with Gasteiger partial charge in [0.05, 0.1) is 28.2 Å². The second kappa shape index (κ2) is 9.69. The van der Waals surface area contributed by atoms with Crippen LogP contribution in [-0.4, -0.2) is 20.8 Å². The van der Waals surface area contributed by atoms with E-state index in [4.69, 9.17) is 5.73 Å². The lowest BCUT2D eigenvalue weighted by Crippen LogP contribution is -2.10. The van der Waals surface area contributed by atoms with Gasteiger partial charge < -0.3 is 21.4 Å². The Kier molecular flexibility index (Phi) is 6.12. The molecule has 0 spiro atoms. The number of fused-ring (bicyclic) bond motifs is 1. The van der Waals surface area contributed by atoms with Gasteiger partial charge in [-0.1, -0.05) is 42.5 Å². The first-order valence-electron chi connectivity index (χ1n) is 11.2. The number of hydrogen-bond acceptors (Lipinski definition) is 6. The number of H-pyrrole nitrogens is 1. The van der Waals surface area contributed by atoms with Crippen LogP contribution in [0, 0.1) is 10.1 Å². The zero-order valence-electron chi connectivity index (χ0n) is 19.1. The minimum atomic E-state index is -0.473. The zero-order chi connectivity index (χ0) is 25.1. The molecule has 0 fully saturated rings. The number of nitrogens with one attached hydrogen (secondary N) is 3. The molecule has 1 amide bonds. The lowest BCUT2D eigenvalue weighted by molar-refractivity contribution is -0.384. The van der Waals surface area contributed by atoms with Crippen molar-refractivity contribution in [3.05, 3.63) is 117 Å². The second-order valence-corrected chi connectivity index (χ2v) is 8.17. The molecule has 5 N–H and O–H groups in total. The number of imidazole rings is 1. The van der Waals surface area contributed by atoms with Crippen molar-refractivity contribution in [1.29, 1.82) is 0 Å². The molecule has 1 aliphatic rings. The van der Waals surface area contributed by atoms with E-state index in [1.54, 1.807) is 18.6 Å². The molecule has 9 heteroatoms. The fourth-order valence-electron chi connectivity index (χ4n) is 3.97. The molecule has 4 aromatic rings. The average molecular weight is 479 g/mol. The number of amides is 1. The molecule has 0 radical (unpaired) electrons. The number of nitrogens with zero attached hydrogens (tertiary/aromatic N) is 2. The number of aromatic amines is 1. The minimum Gasteiger partial charge on any atom is -0.354 e. The van der Waals surface area contributed by atoms with Gasteiger partial charge in [0, 0.05) is 41.8 Å². The topological polar surface area (TPSA) is 139 Å². The summed E-state index contributed by atoms with van der Waals surface area (Å²) in [7, 11) is 0. The minimum absolute atomic E-state index is 0.0892. The largest absolute Gasteiger partial charge is 0.354 e. The quantitative estimate of drug-likeness (QED) is 0.170. The zero-order valence-corrected chi connectivity index (χ0v) is 19.1. The van der Waals surface area contributed by atoms with E-state index in [0.29, 0.717) is 29.1 Å². The van der Waals surface area contributed by atoms with E-state index in [0.717, 1.165) is 28.1 Å². The maximum Gasteiger partial charge on any atom is 0.270 e. The summed E-state index contributed by atoms with van der Waals surface area (Å²) in [4.78, 5) is 31.1. The predicted molar refractivity (Wildman–Crippen MR) is 140 cm³/mol. The van der Waals surface area contributed by atoms with Crippen molar-refractivity contribution in [1.82, 2.24) is 9.97 Å². The molecule has 0 saturated heterocycles. The summed E-state index contributed by atoms with van der Waals surface area (Å²) >= 11 is 0. The molecule has 178 valence electrons. The number of nitro benzene ring substituents is 1. The van der Waals surface area contributed by atoms with Crippen LogP contribution >= 0.6 is 0 Å². The highest BCUT2D eigenvalue weighted by atomic mass is 16.6. The molecule has 0 unspecified atom stereocenters. The third-order valence-corrected chi connectivity index (χ3v) is 5.83. The molecule has 1 aliphatic heterocycles. The van der Waals surface area contributed by atoms with Gasteiger partial charge in [0.2, 0.25) is 0 Å². The number of nitrogens with two attached hydrogens (primary N) is 1. The van der Waals surface area contributed by atoms with E-state index in [1.165, 1.54) is 12.1 Å². The van der Waals surface area contributed by atoms with Gasteiger partial charge >= 0.3 is 0 Å². The number of hydrogen-bond donors (Lipinski definition) is 4. The van der Waals surface area contributed by atoms with Gasteiger partial charge in [-0.2, -0.15) is 0 Å². The fourth-order valence-corrected chi connectivity index (χ4v) is 3.97. The summed E-state index contributed by atoms with van der Waals surface area (Å²) in [6.45, 7) is 0.391. The molecular weight excluding hydrogens is 456 g/mol. The van der Waals surface area contributed by atoms with Crippen molar-refractivity contribution in [2.45, 2.75) is 6.54 Å². The Morgan fingerprint density at radius 3 is 2.50 bits per heavy atom. The van der Waals surface area contributed by atoms with Crippen LogP contribution in [0.25, 0.3) is 23.4 Å². The van der Waals surface area contributed by atoms with Crippen LogP contribution in [0.3, 0.4) is 0 Å². The van der Waals surface area contributed by atoms with E-state index in [9.17, 15) is 14.9 Å². The van der Waals surface area contributed by atoms with E-state index in [1.807, 2.05) is 60.7 Å². The number of non-ortho nitro benzene ring substituents is 1. The fraction of sp³-hybridized carbons (Fsp3) is 0.0370. The van der Waals surface area contributed by atoms with Gasteiger partial charge in [-0.15, -0.1) is 0 Å². The van der Waals surface area contributed by atoms with Crippen LogP contribution in [0.4, 0.5) is 17.1 Å². The standard InChI is InChI=1S/C27H22N6O3/c28-14-18-1-6-19(7-2-18)26(25-23-13-22(33(35)36)11-12-24(23)32-27(25)34)31-20-8-3-17(4-9-20)5-10-21-15-29-16-30-21/h1-13,15-16,31H,14,28H2,(H,29,30)(H,32,34)/b10-5+,26-25-. The van der Waals surface area contributed by atoms with Crippen LogP contribution in [0.15, 0.2) is 79.3 Å². The van der Waals surface area contributed by atoms with Crippen LogP contribution in [0.2, 0.25) is 0 Å². The highest BCUT2D eigenvalue weighted by Gasteiger charge is 2.30. The van der Waals surface area contributed by atoms with Crippen LogP contribution in [-0.2, 0) is 11.3 Å². The Labute approximate surface area is 206 Å². The first-order valence-corrected chi connectivity index (χ1v) is 11.2. The van der Waals surface area contributed by atoms with Crippen molar-refractivity contribution in [3.63, 3.8) is 0 Å². The SMILES string of the molecule is NCc1ccc(/C(Nc2ccc(/C=C/c3c[nH]cn3)cc2)=C2/C(=O)Nc3ccc([N+](=O)[O-])cc32)cc1. The first kappa shape index (κ1) is 22.8. The van der Waals surface area contributed by atoms with E-state index in [2.05, 4.69) is 20.6 Å². The number of aromatic nitrogens is 2. The van der Waals surface area contributed by atoms with Crippen molar-refractivity contribution in [3.8, 4) is 0 Å². The number of rotatable bonds is 7. The number of anilines is 2. The van der Waals surface area contributed by atoms with E-state index in [-0.39, 0.29) is 11.6 Å². The van der Waals surface area contributed by atoms with Crippen LogP contribution in [0.5, 0.6) is 0 Å². The number of nitro groups is 1. The maximum absolute atomic E-state index is 13.1. The highest BCUT2D eigenvalue weighted by molar-refractivity contribution is 6.37. The molecule has 0 saturated carbocycles. The van der Waals surface area contributed by atoms with Crippen molar-refractivity contribution >= 4 is 46.4 Å². The Hall–Kier alpha value is -5.02. The molecule has 1 aromatic heterocycles. The predicted octanol–water partition coefficient (Wildman–Crippen LogP) is 4.88. The van der Waals surface area contributed by atoms with E-state index >= 15 is 0 Å². The molecule has 9 nitrogen and oxygen atoms in total. The average Bonchev–Trinajstić information content (AvgIpc) is 3.53. The summed E-state index contributed by atoms with van der Waals surface area (Å²) in [6.07, 6.45) is 7.27. The van der Waals surface area contributed by atoms with Gasteiger partial charge in [0.25, 0.3) is 11.6 Å². The summed E-state index contributed by atoms with van der Waals surface area (Å²) in [5.41, 5.74) is 11.8. The van der Waals surface area contributed by atoms with Gasteiger partial charge in [0.1, 0.15) is 0 Å². The lowest BCUT2D eigenvalue weighted by Gasteiger charge is -2.15. The summed E-state index contributed by atoms with van der Waals surface area (Å²) in [5, 5.41) is 17.6. The van der Waals surface area contributed by atoms with Gasteiger partial charge in [0.15, 0.2) is 0 Å². The molecule has 0 bridgehead atoms. The smallest absolute Gasteiger partial charge is 0.270 e. The molecule has 2 heterocycles. The second-order valence-electron chi connectivity index (χ2n) is 8.17. The third-order valence-electron chi connectivity index (χ3n) is 5.83. The van der Waals surface area contributed by atoms with Crippen molar-refractivity contribution < 1.29 is 9.72 Å². The summed E-state index contributed by atoms with van der Waals surface area (Å²) in [6, 6.07) is 19.6. The third kappa shape index (κ3) is 4.63. The molecule has 3 aromatic carbocycles. The number of benzene rings is 3. The molecule has 36 heavy (non-hydrogen) atoms. The molecule has 5 rings (SSSR count). The molecule has 0 atom stereocenters. The Balaban J connectivity index is 1.55. The summed E-state index contributed by atoms with van der Waals surface area (Å²) < 4.78 is 0. The lowest BCUT2D eigenvalue weighted by atomic mass is 9.98. The van der Waals surface area contributed by atoms with E-state index < -0.39 is 4.92 Å². The Bertz CT molecular complexity index is 1490. The number of carbonyl (C=O) groups is 1. The Morgan fingerprint density at radius 1 is 1.06 bits per heavy atom. The van der Waals surface area contributed by atoms with Gasteiger partial charge in [-0.05, 0) is 41.0 Å². The Morgan fingerprint density at radius 2 is 1.83 bits per heavy atom. The van der Waals surface area contributed by atoms with Crippen molar-refractivity contribution in [2.75, 3.05) is 10.6 Å².